The molecule has 1 amide bonds. The number of hydrogen-bond donors (Lipinski definition) is 2. The molecule has 1 saturated heterocycles. The Balaban J connectivity index is 1.48. The fourth-order valence-electron chi connectivity index (χ4n) is 3.71. The summed E-state index contributed by atoms with van der Waals surface area (Å²) in [6.45, 7) is 5.13. The number of benzene rings is 1. The summed E-state index contributed by atoms with van der Waals surface area (Å²) in [4.78, 5) is 26.0. The zero-order chi connectivity index (χ0) is 20.8. The molecule has 0 aromatic heterocycles. The monoisotopic (exact) mass is 404 g/mol. The molecule has 29 heavy (non-hydrogen) atoms. The lowest BCUT2D eigenvalue weighted by atomic mass is 9.85. The fourth-order valence-corrected chi connectivity index (χ4v) is 3.71. The Bertz CT molecular complexity index is 738. The molecule has 0 saturated carbocycles. The molecule has 1 aromatic rings. The van der Waals surface area contributed by atoms with E-state index in [9.17, 15) is 14.7 Å². The SMILES string of the molecule is COCCCNC(=O)C(C)CN1CC(Oc2ccc3c(c2C(=O)O)OBCC3)C1. The molecule has 0 aliphatic carbocycles. The Morgan fingerprint density at radius 3 is 2.93 bits per heavy atom. The topological polar surface area (TPSA) is 97.3 Å². The summed E-state index contributed by atoms with van der Waals surface area (Å²) in [6, 6.07) is 3.62. The van der Waals surface area contributed by atoms with E-state index in [4.69, 9.17) is 14.1 Å². The van der Waals surface area contributed by atoms with Gasteiger partial charge in [-0.1, -0.05) is 13.0 Å². The molecule has 9 heteroatoms. The van der Waals surface area contributed by atoms with E-state index in [0.29, 0.717) is 51.8 Å². The number of ether oxygens (including phenoxy) is 2. The second-order valence-corrected chi connectivity index (χ2v) is 7.68. The highest BCUT2D eigenvalue weighted by Crippen LogP contribution is 2.36. The van der Waals surface area contributed by atoms with Crippen molar-refractivity contribution in [2.45, 2.75) is 32.2 Å². The number of aryl methyl sites for hydroxylation is 1. The summed E-state index contributed by atoms with van der Waals surface area (Å²) in [5.74, 6) is -0.327. The van der Waals surface area contributed by atoms with Crippen LogP contribution in [-0.4, -0.2) is 75.4 Å². The number of fused-ring (bicyclic) bond motifs is 1. The highest BCUT2D eigenvalue weighted by molar-refractivity contribution is 6.29. The summed E-state index contributed by atoms with van der Waals surface area (Å²) < 4.78 is 16.5. The second-order valence-electron chi connectivity index (χ2n) is 7.68. The number of carboxylic acid groups (broad SMARTS) is 1. The van der Waals surface area contributed by atoms with Crippen molar-refractivity contribution in [1.82, 2.24) is 10.2 Å². The maximum absolute atomic E-state index is 12.1. The number of nitrogens with zero attached hydrogens (tertiary/aromatic N) is 1. The van der Waals surface area contributed by atoms with Crippen LogP contribution in [0.15, 0.2) is 12.1 Å². The molecule has 0 spiro atoms. The van der Waals surface area contributed by atoms with Gasteiger partial charge in [-0.25, -0.2) is 4.79 Å². The molecule has 1 fully saturated rings. The van der Waals surface area contributed by atoms with Gasteiger partial charge in [-0.2, -0.15) is 0 Å². The molecule has 3 rings (SSSR count). The van der Waals surface area contributed by atoms with Crippen molar-refractivity contribution in [2.75, 3.05) is 39.9 Å². The van der Waals surface area contributed by atoms with Crippen LogP contribution < -0.4 is 14.7 Å². The van der Waals surface area contributed by atoms with Gasteiger partial charge in [0.1, 0.15) is 23.2 Å². The smallest absolute Gasteiger partial charge is 0.343 e. The minimum absolute atomic E-state index is 0.0328. The zero-order valence-electron chi connectivity index (χ0n) is 17.1. The minimum Gasteiger partial charge on any atom is -0.563 e. The first-order chi connectivity index (χ1) is 14.0. The molecule has 2 aliphatic heterocycles. The molecule has 2 heterocycles. The minimum atomic E-state index is -1.03. The number of likely N-dealkylation sites (tertiary alicyclic amines) is 1. The molecule has 1 unspecified atom stereocenters. The van der Waals surface area contributed by atoms with Crippen LogP contribution in [0.1, 0.15) is 29.3 Å². The molecule has 0 bridgehead atoms. The van der Waals surface area contributed by atoms with Crippen molar-refractivity contribution in [3.63, 3.8) is 0 Å². The predicted molar refractivity (Wildman–Crippen MR) is 109 cm³/mol. The average molecular weight is 404 g/mol. The Morgan fingerprint density at radius 2 is 2.21 bits per heavy atom. The van der Waals surface area contributed by atoms with E-state index < -0.39 is 5.97 Å². The maximum Gasteiger partial charge on any atom is 0.343 e. The van der Waals surface area contributed by atoms with Crippen molar-refractivity contribution < 1.29 is 28.8 Å². The van der Waals surface area contributed by atoms with E-state index in [1.165, 1.54) is 0 Å². The molecule has 2 aliphatic rings. The Hall–Kier alpha value is -2.26. The number of rotatable bonds is 10. The summed E-state index contributed by atoms with van der Waals surface area (Å²) in [6.07, 6.45) is 2.41. The number of carbonyl (C=O) groups is 2. The molecule has 2 N–H and O–H groups in total. The van der Waals surface area contributed by atoms with Crippen LogP contribution in [0.4, 0.5) is 0 Å². The van der Waals surface area contributed by atoms with Gasteiger partial charge >= 0.3 is 13.5 Å². The van der Waals surface area contributed by atoms with E-state index in [-0.39, 0.29) is 23.5 Å². The average Bonchev–Trinajstić information content (AvgIpc) is 2.68. The van der Waals surface area contributed by atoms with Crippen molar-refractivity contribution >= 4 is 19.4 Å². The number of hydrogen-bond acceptors (Lipinski definition) is 6. The van der Waals surface area contributed by atoms with Crippen molar-refractivity contribution in [2.24, 2.45) is 5.92 Å². The number of aromatic carboxylic acids is 1. The molecular weight excluding hydrogens is 375 g/mol. The van der Waals surface area contributed by atoms with Crippen LogP contribution in [0.5, 0.6) is 11.5 Å². The highest BCUT2D eigenvalue weighted by Gasteiger charge is 2.33. The Kier molecular flexibility index (Phi) is 7.38. The van der Waals surface area contributed by atoms with Gasteiger partial charge in [-0.3, -0.25) is 9.69 Å². The number of amides is 1. The van der Waals surface area contributed by atoms with Crippen molar-refractivity contribution in [3.8, 4) is 11.5 Å². The summed E-state index contributed by atoms with van der Waals surface area (Å²) in [5, 5.41) is 12.6. The van der Waals surface area contributed by atoms with Gasteiger partial charge < -0.3 is 24.6 Å². The normalized spacial score (nSPS) is 17.3. The summed E-state index contributed by atoms with van der Waals surface area (Å²) in [5.41, 5.74) is 1.03. The van der Waals surface area contributed by atoms with Crippen LogP contribution in [0, 0.1) is 5.92 Å². The van der Waals surface area contributed by atoms with Crippen molar-refractivity contribution in [1.29, 1.82) is 0 Å². The third-order valence-electron chi connectivity index (χ3n) is 5.27. The van der Waals surface area contributed by atoms with E-state index >= 15 is 0 Å². The van der Waals surface area contributed by atoms with E-state index in [1.54, 1.807) is 13.2 Å². The molecule has 1 atom stereocenters. The van der Waals surface area contributed by atoms with Gasteiger partial charge in [0, 0.05) is 45.8 Å². The van der Waals surface area contributed by atoms with Crippen LogP contribution in [0.25, 0.3) is 0 Å². The van der Waals surface area contributed by atoms with Gasteiger partial charge in [0.2, 0.25) is 5.91 Å². The van der Waals surface area contributed by atoms with Gasteiger partial charge in [0.15, 0.2) is 0 Å². The molecule has 0 radical (unpaired) electrons. The first-order valence-corrected chi connectivity index (χ1v) is 10.2. The second kappa shape index (κ2) is 9.98. The Labute approximate surface area is 171 Å². The number of carboxylic acids is 1. The van der Waals surface area contributed by atoms with E-state index in [2.05, 4.69) is 10.2 Å². The summed E-state index contributed by atoms with van der Waals surface area (Å²) >= 11 is 0. The molecule has 8 nitrogen and oxygen atoms in total. The fraction of sp³-hybridized carbons (Fsp3) is 0.600. The Morgan fingerprint density at radius 1 is 1.41 bits per heavy atom. The van der Waals surface area contributed by atoms with E-state index in [1.807, 2.05) is 13.0 Å². The molecule has 1 aromatic carbocycles. The predicted octanol–water partition coefficient (Wildman–Crippen LogP) is 0.941. The van der Waals surface area contributed by atoms with Gasteiger partial charge in [0.05, 0.1) is 0 Å². The largest absolute Gasteiger partial charge is 0.563 e. The van der Waals surface area contributed by atoms with Gasteiger partial charge in [0.25, 0.3) is 0 Å². The van der Waals surface area contributed by atoms with Crippen LogP contribution in [-0.2, 0) is 16.0 Å². The molecule has 158 valence electrons. The van der Waals surface area contributed by atoms with Crippen LogP contribution in [0.2, 0.25) is 6.32 Å². The van der Waals surface area contributed by atoms with E-state index in [0.717, 1.165) is 24.7 Å². The number of carbonyl (C=O) groups excluding carboxylic acids is 1. The summed E-state index contributed by atoms with van der Waals surface area (Å²) in [7, 11) is 2.17. The third-order valence-corrected chi connectivity index (χ3v) is 5.27. The highest BCUT2D eigenvalue weighted by atomic mass is 16.5. The number of methoxy groups -OCH3 is 1. The lowest BCUT2D eigenvalue weighted by molar-refractivity contribution is -0.126. The van der Waals surface area contributed by atoms with Gasteiger partial charge in [-0.05, 0) is 30.8 Å². The standard InChI is InChI=1S/C20H29BN2O6/c1-13(19(24)22-8-3-9-27-2)10-23-11-15(12-23)28-16-5-4-14-6-7-21-29-18(14)17(16)20(25)26/h4-5,13,15,21H,3,6-12H2,1-2H3,(H,22,24)(H,25,26). The maximum atomic E-state index is 12.1. The van der Waals surface area contributed by atoms with Gasteiger partial charge in [-0.15, -0.1) is 0 Å². The zero-order valence-corrected chi connectivity index (χ0v) is 17.1. The first-order valence-electron chi connectivity index (χ1n) is 10.2. The van der Waals surface area contributed by atoms with Crippen LogP contribution in [0.3, 0.4) is 0 Å². The van der Waals surface area contributed by atoms with Crippen LogP contribution >= 0.6 is 0 Å². The van der Waals surface area contributed by atoms with Crippen molar-refractivity contribution in [3.05, 3.63) is 23.3 Å². The first kappa shape index (κ1) is 21.5. The quantitative estimate of drug-likeness (QED) is 0.443. The number of nitrogens with one attached hydrogen (secondary N) is 1. The lowest BCUT2D eigenvalue weighted by Crippen LogP contribution is -2.56. The molecular formula is C20H29BN2O6. The third kappa shape index (κ3) is 5.42. The lowest BCUT2D eigenvalue weighted by Gasteiger charge is -2.40.